The molecule has 0 aromatic heterocycles. The van der Waals surface area contributed by atoms with Gasteiger partial charge in [-0.25, -0.2) is 0 Å². The zero-order valence-corrected chi connectivity index (χ0v) is 16.5. The van der Waals surface area contributed by atoms with Crippen molar-refractivity contribution in [3.8, 4) is 11.8 Å². The number of hydrogen-bond donors (Lipinski definition) is 1. The van der Waals surface area contributed by atoms with Crippen LogP contribution in [0.3, 0.4) is 0 Å². The molecule has 0 aliphatic carbocycles. The molecule has 28 heavy (non-hydrogen) atoms. The van der Waals surface area contributed by atoms with Crippen molar-refractivity contribution in [1.29, 1.82) is 0 Å². The first-order valence-electron chi connectivity index (χ1n) is 9.88. The van der Waals surface area contributed by atoms with E-state index in [4.69, 9.17) is 0 Å². The minimum absolute atomic E-state index is 0.0358. The van der Waals surface area contributed by atoms with Gasteiger partial charge in [-0.1, -0.05) is 24.0 Å². The second-order valence-corrected chi connectivity index (χ2v) is 7.04. The lowest BCUT2D eigenvalue weighted by Gasteiger charge is -2.26. The molecule has 3 rings (SSSR count). The minimum atomic E-state index is -0.174. The highest BCUT2D eigenvalue weighted by Gasteiger charge is 2.19. The number of piperidine rings is 1. The highest BCUT2D eigenvalue weighted by atomic mass is 16.2. The Hall–Kier alpha value is -3.06. The van der Waals surface area contributed by atoms with Gasteiger partial charge >= 0.3 is 0 Å². The summed E-state index contributed by atoms with van der Waals surface area (Å²) in [5.74, 6) is 6.38. The number of amides is 2. The summed E-state index contributed by atoms with van der Waals surface area (Å²) in [4.78, 5) is 25.8. The van der Waals surface area contributed by atoms with Crippen molar-refractivity contribution in [3.63, 3.8) is 0 Å². The van der Waals surface area contributed by atoms with Crippen LogP contribution in [0.25, 0.3) is 0 Å². The second-order valence-electron chi connectivity index (χ2n) is 7.04. The van der Waals surface area contributed by atoms with Crippen LogP contribution in [0.1, 0.15) is 55.7 Å². The molecule has 4 nitrogen and oxygen atoms in total. The summed E-state index contributed by atoms with van der Waals surface area (Å²) >= 11 is 0. The molecular formula is C24H26N2O2. The molecule has 1 saturated heterocycles. The number of benzene rings is 2. The van der Waals surface area contributed by atoms with Crippen LogP contribution in [0.2, 0.25) is 0 Å². The SMILES string of the molecule is CCNC(=O)[C@@H](C)c1ccc(C#Cc2ccc(N3CCCCC3=O)cc2)cc1. The van der Waals surface area contributed by atoms with Gasteiger partial charge in [-0.05, 0) is 68.7 Å². The zero-order valence-electron chi connectivity index (χ0n) is 16.5. The van der Waals surface area contributed by atoms with Crippen LogP contribution < -0.4 is 10.2 Å². The molecule has 1 fully saturated rings. The molecule has 1 heterocycles. The first-order chi connectivity index (χ1) is 13.6. The Balaban J connectivity index is 1.66. The Labute approximate surface area is 166 Å². The van der Waals surface area contributed by atoms with Gasteiger partial charge in [0.1, 0.15) is 0 Å². The molecule has 2 aromatic rings. The van der Waals surface area contributed by atoms with E-state index in [0.29, 0.717) is 13.0 Å². The van der Waals surface area contributed by atoms with E-state index in [0.717, 1.165) is 41.8 Å². The van der Waals surface area contributed by atoms with Gasteiger partial charge in [0.15, 0.2) is 0 Å². The van der Waals surface area contributed by atoms with Gasteiger partial charge in [-0.2, -0.15) is 0 Å². The summed E-state index contributed by atoms with van der Waals surface area (Å²) in [5.41, 5.74) is 3.74. The van der Waals surface area contributed by atoms with E-state index < -0.39 is 0 Å². The number of anilines is 1. The predicted octanol–water partition coefficient (Wildman–Crippen LogP) is 3.84. The van der Waals surface area contributed by atoms with Crippen LogP contribution in [-0.2, 0) is 9.59 Å². The van der Waals surface area contributed by atoms with Gasteiger partial charge in [0.2, 0.25) is 11.8 Å². The van der Waals surface area contributed by atoms with E-state index in [1.165, 1.54) is 0 Å². The van der Waals surface area contributed by atoms with Crippen molar-refractivity contribution in [2.45, 2.75) is 39.0 Å². The van der Waals surface area contributed by atoms with E-state index in [-0.39, 0.29) is 17.7 Å². The standard InChI is InChI=1S/C24H26N2O2/c1-3-25-24(28)18(2)21-13-9-19(10-14-21)7-8-20-11-15-22(16-12-20)26-17-5-4-6-23(26)27/h9-16,18H,3-6,17H2,1-2H3,(H,25,28)/t18-/m0/s1. The molecule has 1 atom stereocenters. The maximum Gasteiger partial charge on any atom is 0.227 e. The Bertz CT molecular complexity index is 889. The Morgan fingerprint density at radius 3 is 2.21 bits per heavy atom. The van der Waals surface area contributed by atoms with E-state index in [9.17, 15) is 9.59 Å². The number of carbonyl (C=O) groups is 2. The van der Waals surface area contributed by atoms with Gasteiger partial charge < -0.3 is 10.2 Å². The van der Waals surface area contributed by atoms with E-state index in [2.05, 4.69) is 17.2 Å². The lowest BCUT2D eigenvalue weighted by molar-refractivity contribution is -0.122. The molecule has 0 unspecified atom stereocenters. The fourth-order valence-electron chi connectivity index (χ4n) is 3.28. The third kappa shape index (κ3) is 4.80. The summed E-state index contributed by atoms with van der Waals surface area (Å²) in [6.45, 7) is 5.25. The summed E-state index contributed by atoms with van der Waals surface area (Å²) in [6.07, 6.45) is 2.68. The number of nitrogens with zero attached hydrogens (tertiary/aromatic N) is 1. The van der Waals surface area contributed by atoms with Crippen LogP contribution in [0.5, 0.6) is 0 Å². The van der Waals surface area contributed by atoms with Crippen LogP contribution in [0.4, 0.5) is 5.69 Å². The number of hydrogen-bond acceptors (Lipinski definition) is 2. The molecule has 0 saturated carbocycles. The third-order valence-corrected chi connectivity index (χ3v) is 5.01. The molecule has 1 aliphatic heterocycles. The van der Waals surface area contributed by atoms with Crippen LogP contribution in [-0.4, -0.2) is 24.9 Å². The molecule has 4 heteroatoms. The fourth-order valence-corrected chi connectivity index (χ4v) is 3.28. The number of nitrogens with one attached hydrogen (secondary N) is 1. The van der Waals surface area contributed by atoms with Crippen molar-refractivity contribution in [3.05, 3.63) is 65.2 Å². The monoisotopic (exact) mass is 374 g/mol. The van der Waals surface area contributed by atoms with Gasteiger partial charge in [0.05, 0.1) is 5.92 Å². The molecule has 0 bridgehead atoms. The first-order valence-corrected chi connectivity index (χ1v) is 9.88. The summed E-state index contributed by atoms with van der Waals surface area (Å²) in [5, 5.41) is 2.84. The average Bonchev–Trinajstić information content (AvgIpc) is 2.73. The lowest BCUT2D eigenvalue weighted by atomic mass is 9.99. The Morgan fingerprint density at radius 1 is 1.04 bits per heavy atom. The van der Waals surface area contributed by atoms with Crippen LogP contribution >= 0.6 is 0 Å². The highest BCUT2D eigenvalue weighted by molar-refractivity contribution is 5.94. The number of carbonyl (C=O) groups excluding carboxylic acids is 2. The minimum Gasteiger partial charge on any atom is -0.356 e. The fraction of sp³-hybridized carbons (Fsp3) is 0.333. The molecule has 1 N–H and O–H groups in total. The lowest BCUT2D eigenvalue weighted by Crippen LogP contribution is -2.35. The molecule has 2 amide bonds. The van der Waals surface area contributed by atoms with Gasteiger partial charge in [0, 0.05) is 36.3 Å². The summed E-state index contributed by atoms with van der Waals surface area (Å²) in [7, 11) is 0. The van der Waals surface area contributed by atoms with Crippen molar-refractivity contribution in [2.24, 2.45) is 0 Å². The van der Waals surface area contributed by atoms with Gasteiger partial charge in [-0.15, -0.1) is 0 Å². The van der Waals surface area contributed by atoms with Crippen molar-refractivity contribution >= 4 is 17.5 Å². The summed E-state index contributed by atoms with van der Waals surface area (Å²) < 4.78 is 0. The summed E-state index contributed by atoms with van der Waals surface area (Å²) in [6, 6.07) is 15.6. The van der Waals surface area contributed by atoms with Crippen molar-refractivity contribution < 1.29 is 9.59 Å². The molecule has 2 aromatic carbocycles. The van der Waals surface area contributed by atoms with E-state index in [1.807, 2.05) is 67.3 Å². The number of rotatable bonds is 4. The molecular weight excluding hydrogens is 348 g/mol. The van der Waals surface area contributed by atoms with Gasteiger partial charge in [-0.3, -0.25) is 9.59 Å². The smallest absolute Gasteiger partial charge is 0.227 e. The Morgan fingerprint density at radius 2 is 1.64 bits per heavy atom. The largest absolute Gasteiger partial charge is 0.356 e. The Kier molecular flexibility index (Phi) is 6.49. The van der Waals surface area contributed by atoms with Crippen molar-refractivity contribution in [2.75, 3.05) is 18.0 Å². The maximum atomic E-state index is 12.0. The topological polar surface area (TPSA) is 49.4 Å². The molecule has 0 radical (unpaired) electrons. The molecule has 0 spiro atoms. The normalized spacial score (nSPS) is 14.8. The van der Waals surface area contributed by atoms with Gasteiger partial charge in [0.25, 0.3) is 0 Å². The maximum absolute atomic E-state index is 12.0. The molecule has 1 aliphatic rings. The molecule has 144 valence electrons. The van der Waals surface area contributed by atoms with Crippen LogP contribution in [0.15, 0.2) is 48.5 Å². The van der Waals surface area contributed by atoms with E-state index >= 15 is 0 Å². The zero-order chi connectivity index (χ0) is 19.9. The van der Waals surface area contributed by atoms with Crippen molar-refractivity contribution in [1.82, 2.24) is 5.32 Å². The first kappa shape index (κ1) is 19.7. The van der Waals surface area contributed by atoms with Crippen LogP contribution in [0, 0.1) is 11.8 Å². The second kappa shape index (κ2) is 9.23. The average molecular weight is 374 g/mol. The van der Waals surface area contributed by atoms with E-state index in [1.54, 1.807) is 0 Å². The highest BCUT2D eigenvalue weighted by Crippen LogP contribution is 2.21. The number of likely N-dealkylation sites (N-methyl/N-ethyl adjacent to an activating group) is 1. The quantitative estimate of drug-likeness (QED) is 0.827. The third-order valence-electron chi connectivity index (χ3n) is 5.01. The predicted molar refractivity (Wildman–Crippen MR) is 112 cm³/mol.